The van der Waals surface area contributed by atoms with Crippen LogP contribution in [0.3, 0.4) is 0 Å². The molecule has 2 heterocycles. The van der Waals surface area contributed by atoms with Crippen LogP contribution in [0.15, 0.2) is 35.7 Å². The fraction of sp³-hybridized carbons (Fsp3) is 0.474. The number of hydrogen-bond donors (Lipinski definition) is 1. The lowest BCUT2D eigenvalue weighted by molar-refractivity contribution is 0.194. The zero-order valence-electron chi connectivity index (χ0n) is 14.4. The first-order valence-corrected chi connectivity index (χ1v) is 9.31. The number of likely N-dealkylation sites (tertiary alicyclic amines) is 1. The minimum atomic E-state index is 0.279. The quantitative estimate of drug-likeness (QED) is 0.873. The molecule has 0 aliphatic carbocycles. The first-order chi connectivity index (χ1) is 11.7. The summed E-state index contributed by atoms with van der Waals surface area (Å²) in [5.74, 6) is 2.04. The molecule has 2 aromatic rings. The highest BCUT2D eigenvalue weighted by atomic mass is 32.1. The van der Waals surface area contributed by atoms with Crippen molar-refractivity contribution in [2.75, 3.05) is 33.9 Å². The van der Waals surface area contributed by atoms with Crippen molar-refractivity contribution in [1.29, 1.82) is 0 Å². The molecule has 1 saturated heterocycles. The first kappa shape index (κ1) is 17.3. The molecule has 0 saturated carbocycles. The molecular weight excluding hydrogens is 320 g/mol. The zero-order chi connectivity index (χ0) is 16.9. The second kappa shape index (κ2) is 8.01. The minimum absolute atomic E-state index is 0.279. The average molecular weight is 346 g/mol. The van der Waals surface area contributed by atoms with Gasteiger partial charge in [0.1, 0.15) is 0 Å². The second-order valence-corrected chi connectivity index (χ2v) is 7.29. The van der Waals surface area contributed by atoms with Crippen molar-refractivity contribution in [2.45, 2.75) is 24.8 Å². The Kier molecular flexibility index (Phi) is 5.76. The van der Waals surface area contributed by atoms with E-state index < -0.39 is 0 Å². The molecule has 0 amide bonds. The van der Waals surface area contributed by atoms with E-state index in [0.29, 0.717) is 5.92 Å². The summed E-state index contributed by atoms with van der Waals surface area (Å²) in [5.41, 5.74) is 7.63. The number of nitrogens with two attached hydrogens (primary N) is 1. The van der Waals surface area contributed by atoms with Gasteiger partial charge in [0, 0.05) is 29.9 Å². The van der Waals surface area contributed by atoms with Crippen LogP contribution >= 0.6 is 11.3 Å². The Labute approximate surface area is 148 Å². The van der Waals surface area contributed by atoms with Crippen molar-refractivity contribution in [2.24, 2.45) is 5.73 Å². The van der Waals surface area contributed by atoms with Crippen LogP contribution in [0.2, 0.25) is 0 Å². The summed E-state index contributed by atoms with van der Waals surface area (Å²) in [4.78, 5) is 3.95. The summed E-state index contributed by atoms with van der Waals surface area (Å²) in [6, 6.07) is 10.8. The molecule has 24 heavy (non-hydrogen) atoms. The molecule has 130 valence electrons. The van der Waals surface area contributed by atoms with Crippen LogP contribution < -0.4 is 15.2 Å². The predicted molar refractivity (Wildman–Crippen MR) is 99.3 cm³/mol. The zero-order valence-corrected chi connectivity index (χ0v) is 15.2. The fourth-order valence-electron chi connectivity index (χ4n) is 3.37. The van der Waals surface area contributed by atoms with Crippen molar-refractivity contribution in [3.05, 3.63) is 46.2 Å². The van der Waals surface area contributed by atoms with E-state index >= 15 is 0 Å². The number of piperidine rings is 1. The highest BCUT2D eigenvalue weighted by Crippen LogP contribution is 2.30. The van der Waals surface area contributed by atoms with Crippen LogP contribution in [-0.2, 0) is 6.42 Å². The topological polar surface area (TPSA) is 47.7 Å². The number of benzene rings is 1. The van der Waals surface area contributed by atoms with E-state index in [-0.39, 0.29) is 6.04 Å². The number of thiophene rings is 1. The SMILES string of the molecule is COc1ccc(CCN2CC[C@H](N)[C@@H](c3cccs3)C2)cc1OC. The van der Waals surface area contributed by atoms with E-state index in [1.807, 2.05) is 17.4 Å². The lowest BCUT2D eigenvalue weighted by Crippen LogP contribution is -2.46. The largest absolute Gasteiger partial charge is 0.493 e. The maximum absolute atomic E-state index is 6.36. The third kappa shape index (κ3) is 3.91. The second-order valence-electron chi connectivity index (χ2n) is 6.31. The van der Waals surface area contributed by atoms with Gasteiger partial charge in [-0.3, -0.25) is 0 Å². The molecule has 0 radical (unpaired) electrons. The summed E-state index contributed by atoms with van der Waals surface area (Å²) in [6.45, 7) is 3.18. The molecule has 1 aliphatic heterocycles. The molecule has 0 spiro atoms. The first-order valence-electron chi connectivity index (χ1n) is 8.43. The number of rotatable bonds is 6. The number of ether oxygens (including phenoxy) is 2. The summed E-state index contributed by atoms with van der Waals surface area (Å²) in [7, 11) is 3.35. The average Bonchev–Trinajstić information content (AvgIpc) is 3.15. The Hall–Kier alpha value is -1.56. The van der Waals surface area contributed by atoms with Crippen LogP contribution in [0, 0.1) is 0 Å². The molecule has 1 fully saturated rings. The third-order valence-electron chi connectivity index (χ3n) is 4.82. The van der Waals surface area contributed by atoms with Crippen LogP contribution in [0.4, 0.5) is 0 Å². The van der Waals surface area contributed by atoms with Gasteiger partial charge in [0.2, 0.25) is 0 Å². The van der Waals surface area contributed by atoms with Gasteiger partial charge in [-0.25, -0.2) is 0 Å². The van der Waals surface area contributed by atoms with Gasteiger partial charge in [-0.15, -0.1) is 11.3 Å². The van der Waals surface area contributed by atoms with Crippen molar-refractivity contribution in [3.8, 4) is 11.5 Å². The van der Waals surface area contributed by atoms with E-state index in [2.05, 4.69) is 34.5 Å². The van der Waals surface area contributed by atoms with Crippen molar-refractivity contribution >= 4 is 11.3 Å². The molecule has 5 heteroatoms. The lowest BCUT2D eigenvalue weighted by Gasteiger charge is -2.36. The highest BCUT2D eigenvalue weighted by molar-refractivity contribution is 7.10. The molecule has 1 aromatic carbocycles. The Morgan fingerprint density at radius 1 is 1.21 bits per heavy atom. The number of hydrogen-bond acceptors (Lipinski definition) is 5. The molecule has 2 atom stereocenters. The molecule has 3 rings (SSSR count). The van der Waals surface area contributed by atoms with Crippen LogP contribution in [0.5, 0.6) is 11.5 Å². The molecule has 2 N–H and O–H groups in total. The summed E-state index contributed by atoms with van der Waals surface area (Å²) in [6.07, 6.45) is 2.07. The normalized spacial score (nSPS) is 21.6. The molecule has 4 nitrogen and oxygen atoms in total. The third-order valence-corrected chi connectivity index (χ3v) is 5.83. The molecular formula is C19H26N2O2S. The lowest BCUT2D eigenvalue weighted by atomic mass is 9.91. The monoisotopic (exact) mass is 346 g/mol. The van der Waals surface area contributed by atoms with E-state index in [9.17, 15) is 0 Å². The van der Waals surface area contributed by atoms with Gasteiger partial charge in [-0.05, 0) is 48.5 Å². The number of methoxy groups -OCH3 is 2. The van der Waals surface area contributed by atoms with Gasteiger partial charge < -0.3 is 20.1 Å². The Morgan fingerprint density at radius 2 is 2.04 bits per heavy atom. The van der Waals surface area contributed by atoms with Crippen molar-refractivity contribution < 1.29 is 9.47 Å². The van der Waals surface area contributed by atoms with Crippen LogP contribution in [-0.4, -0.2) is 44.8 Å². The fourth-order valence-corrected chi connectivity index (χ4v) is 4.26. The van der Waals surface area contributed by atoms with Crippen LogP contribution in [0.25, 0.3) is 0 Å². The smallest absolute Gasteiger partial charge is 0.160 e. The highest BCUT2D eigenvalue weighted by Gasteiger charge is 2.28. The van der Waals surface area contributed by atoms with Gasteiger partial charge in [-0.2, -0.15) is 0 Å². The molecule has 0 bridgehead atoms. The molecule has 0 unspecified atom stereocenters. The summed E-state index contributed by atoms with van der Waals surface area (Å²) < 4.78 is 10.7. The summed E-state index contributed by atoms with van der Waals surface area (Å²) in [5, 5.41) is 2.14. The van der Waals surface area contributed by atoms with Gasteiger partial charge >= 0.3 is 0 Å². The van der Waals surface area contributed by atoms with E-state index in [1.54, 1.807) is 14.2 Å². The Bertz CT molecular complexity index is 645. The maximum Gasteiger partial charge on any atom is 0.160 e. The predicted octanol–water partition coefficient (Wildman–Crippen LogP) is 3.12. The Balaban J connectivity index is 1.60. The van der Waals surface area contributed by atoms with Crippen molar-refractivity contribution in [3.63, 3.8) is 0 Å². The van der Waals surface area contributed by atoms with Gasteiger partial charge in [0.05, 0.1) is 14.2 Å². The van der Waals surface area contributed by atoms with Crippen LogP contribution in [0.1, 0.15) is 22.8 Å². The number of nitrogens with zero attached hydrogens (tertiary/aromatic N) is 1. The van der Waals surface area contributed by atoms with E-state index in [0.717, 1.165) is 44.0 Å². The summed E-state index contributed by atoms with van der Waals surface area (Å²) >= 11 is 1.82. The van der Waals surface area contributed by atoms with Gasteiger partial charge in [-0.1, -0.05) is 12.1 Å². The van der Waals surface area contributed by atoms with Crippen molar-refractivity contribution in [1.82, 2.24) is 4.90 Å². The standard InChI is InChI=1S/C19H26N2O2S/c1-22-17-6-5-14(12-18(17)23-2)7-9-21-10-8-16(20)15(13-21)19-4-3-11-24-19/h3-6,11-12,15-16H,7-10,13,20H2,1-2H3/t15-,16-/m0/s1. The van der Waals surface area contributed by atoms with Gasteiger partial charge in [0.25, 0.3) is 0 Å². The minimum Gasteiger partial charge on any atom is -0.493 e. The molecule has 1 aliphatic rings. The van der Waals surface area contributed by atoms with E-state index in [1.165, 1.54) is 10.4 Å². The van der Waals surface area contributed by atoms with Gasteiger partial charge in [0.15, 0.2) is 11.5 Å². The van der Waals surface area contributed by atoms with E-state index in [4.69, 9.17) is 15.2 Å². The Morgan fingerprint density at radius 3 is 2.75 bits per heavy atom. The molecule has 1 aromatic heterocycles. The maximum atomic E-state index is 6.36.